The Morgan fingerprint density at radius 1 is 1.18 bits per heavy atom. The average molecular weight is 326 g/mol. The first kappa shape index (κ1) is 17.2. The Hall–Kier alpha value is -1.15. The van der Waals surface area contributed by atoms with Crippen molar-refractivity contribution < 1.29 is 8.42 Å². The summed E-state index contributed by atoms with van der Waals surface area (Å²) in [4.78, 5) is 4.99. The van der Waals surface area contributed by atoms with Crippen LogP contribution in [0.15, 0.2) is 29.2 Å². The van der Waals surface area contributed by atoms with Crippen molar-refractivity contribution in [2.45, 2.75) is 24.8 Å². The normalized spacial score (nSPS) is 19.2. The zero-order valence-electron chi connectivity index (χ0n) is 13.3. The lowest BCUT2D eigenvalue weighted by atomic mass is 10.2. The molecule has 1 aromatic rings. The van der Waals surface area contributed by atoms with Crippen molar-refractivity contribution in [3.63, 3.8) is 0 Å². The largest absolute Gasteiger partial charge is 0.399 e. The maximum absolute atomic E-state index is 12.3. The van der Waals surface area contributed by atoms with Crippen molar-refractivity contribution in [3.8, 4) is 0 Å². The molecule has 22 heavy (non-hydrogen) atoms. The van der Waals surface area contributed by atoms with Gasteiger partial charge in [0, 0.05) is 44.5 Å². The van der Waals surface area contributed by atoms with Gasteiger partial charge in [-0.3, -0.25) is 4.90 Å². The maximum atomic E-state index is 12.3. The van der Waals surface area contributed by atoms with Crippen LogP contribution in [0, 0.1) is 0 Å². The van der Waals surface area contributed by atoms with E-state index in [1.54, 1.807) is 12.1 Å². The third kappa shape index (κ3) is 4.42. The Labute approximate surface area is 133 Å². The van der Waals surface area contributed by atoms with Crippen LogP contribution in [-0.2, 0) is 10.0 Å². The summed E-state index contributed by atoms with van der Waals surface area (Å²) in [5.41, 5.74) is 6.14. The summed E-state index contributed by atoms with van der Waals surface area (Å²) in [5, 5.41) is 0. The smallest absolute Gasteiger partial charge is 0.240 e. The molecule has 1 fully saturated rings. The lowest BCUT2D eigenvalue weighted by Gasteiger charge is -2.37. The molecule has 3 N–H and O–H groups in total. The van der Waals surface area contributed by atoms with E-state index in [0.717, 1.165) is 32.7 Å². The number of sulfonamides is 1. The zero-order valence-corrected chi connectivity index (χ0v) is 14.1. The number of likely N-dealkylation sites (N-methyl/N-ethyl adjacent to an activating group) is 1. The molecule has 6 nitrogen and oxygen atoms in total. The molecule has 0 aromatic heterocycles. The van der Waals surface area contributed by atoms with Crippen LogP contribution >= 0.6 is 0 Å². The summed E-state index contributed by atoms with van der Waals surface area (Å²) < 4.78 is 27.2. The second kappa shape index (κ2) is 7.41. The van der Waals surface area contributed by atoms with Gasteiger partial charge < -0.3 is 10.6 Å². The molecular weight excluding hydrogens is 300 g/mol. The third-order valence-electron chi connectivity index (χ3n) is 4.24. The molecule has 1 saturated heterocycles. The standard InChI is InChI=1S/C15H26N4O2S/c1-3-18-8-10-19(11-9-18)13(2)12-17-22(20,21)15-6-4-14(16)5-7-15/h4-7,13,17H,3,8-12,16H2,1-2H3/t13-/m0/s1. The fourth-order valence-corrected chi connectivity index (χ4v) is 3.73. The van der Waals surface area contributed by atoms with Gasteiger partial charge in [0.25, 0.3) is 0 Å². The Bertz CT molecular complexity index is 566. The molecule has 2 rings (SSSR count). The number of rotatable bonds is 6. The van der Waals surface area contributed by atoms with Gasteiger partial charge in [-0.15, -0.1) is 0 Å². The van der Waals surface area contributed by atoms with Gasteiger partial charge in [0.2, 0.25) is 10.0 Å². The Morgan fingerprint density at radius 3 is 2.32 bits per heavy atom. The van der Waals surface area contributed by atoms with E-state index in [0.29, 0.717) is 12.2 Å². The van der Waals surface area contributed by atoms with E-state index in [1.165, 1.54) is 12.1 Å². The lowest BCUT2D eigenvalue weighted by Crippen LogP contribution is -2.52. The Balaban J connectivity index is 1.87. The maximum Gasteiger partial charge on any atom is 0.240 e. The third-order valence-corrected chi connectivity index (χ3v) is 5.68. The second-order valence-corrected chi connectivity index (χ2v) is 7.51. The van der Waals surface area contributed by atoms with Crippen LogP contribution in [0.25, 0.3) is 0 Å². The summed E-state index contributed by atoms with van der Waals surface area (Å²) in [7, 11) is -3.47. The summed E-state index contributed by atoms with van der Waals surface area (Å²) in [6.45, 7) is 9.78. The highest BCUT2D eigenvalue weighted by atomic mass is 32.2. The first-order valence-electron chi connectivity index (χ1n) is 7.74. The van der Waals surface area contributed by atoms with E-state index in [9.17, 15) is 8.42 Å². The quantitative estimate of drug-likeness (QED) is 0.748. The molecule has 1 aliphatic rings. The first-order valence-corrected chi connectivity index (χ1v) is 9.22. The molecule has 1 aromatic carbocycles. The summed E-state index contributed by atoms with van der Waals surface area (Å²) in [5.74, 6) is 0. The van der Waals surface area contributed by atoms with Gasteiger partial charge in [0.1, 0.15) is 0 Å². The number of benzene rings is 1. The van der Waals surface area contributed by atoms with E-state index < -0.39 is 10.0 Å². The van der Waals surface area contributed by atoms with Crippen molar-refractivity contribution in [2.24, 2.45) is 0 Å². The molecular formula is C15H26N4O2S. The topological polar surface area (TPSA) is 78.7 Å². The molecule has 0 unspecified atom stereocenters. The SMILES string of the molecule is CCN1CCN([C@@H](C)CNS(=O)(=O)c2ccc(N)cc2)CC1. The van der Waals surface area contributed by atoms with E-state index in [1.807, 2.05) is 0 Å². The summed E-state index contributed by atoms with van der Waals surface area (Å²) in [6, 6.07) is 6.44. The molecule has 0 saturated carbocycles. The molecule has 0 aliphatic carbocycles. The van der Waals surface area contributed by atoms with Crippen LogP contribution in [0.4, 0.5) is 5.69 Å². The summed E-state index contributed by atoms with van der Waals surface area (Å²) in [6.07, 6.45) is 0. The van der Waals surface area contributed by atoms with E-state index in [2.05, 4.69) is 28.4 Å². The molecule has 1 aliphatic heterocycles. The van der Waals surface area contributed by atoms with Crippen molar-refractivity contribution in [2.75, 3.05) is 45.0 Å². The Kier molecular flexibility index (Phi) is 5.80. The summed E-state index contributed by atoms with van der Waals surface area (Å²) >= 11 is 0. The van der Waals surface area contributed by atoms with Gasteiger partial charge in [-0.25, -0.2) is 13.1 Å². The number of hydrogen-bond acceptors (Lipinski definition) is 5. The minimum atomic E-state index is -3.47. The van der Waals surface area contributed by atoms with E-state index in [4.69, 9.17) is 5.73 Å². The van der Waals surface area contributed by atoms with Crippen molar-refractivity contribution in [1.82, 2.24) is 14.5 Å². The molecule has 7 heteroatoms. The van der Waals surface area contributed by atoms with Gasteiger partial charge in [0.05, 0.1) is 4.90 Å². The molecule has 124 valence electrons. The molecule has 1 atom stereocenters. The van der Waals surface area contributed by atoms with E-state index in [-0.39, 0.29) is 10.9 Å². The molecule has 1 heterocycles. The van der Waals surface area contributed by atoms with Crippen LogP contribution in [0.1, 0.15) is 13.8 Å². The number of nitrogens with two attached hydrogens (primary N) is 1. The fourth-order valence-electron chi connectivity index (χ4n) is 2.61. The lowest BCUT2D eigenvalue weighted by molar-refractivity contribution is 0.107. The Morgan fingerprint density at radius 2 is 1.77 bits per heavy atom. The van der Waals surface area contributed by atoms with Gasteiger partial charge in [-0.05, 0) is 37.7 Å². The van der Waals surface area contributed by atoms with Crippen molar-refractivity contribution in [3.05, 3.63) is 24.3 Å². The minimum Gasteiger partial charge on any atom is -0.399 e. The monoisotopic (exact) mass is 326 g/mol. The van der Waals surface area contributed by atoms with Crippen LogP contribution in [0.3, 0.4) is 0 Å². The predicted octanol–water partition coefficient (Wildman–Crippen LogP) is 0.573. The first-order chi connectivity index (χ1) is 10.4. The number of anilines is 1. The average Bonchev–Trinajstić information content (AvgIpc) is 2.53. The minimum absolute atomic E-state index is 0.183. The predicted molar refractivity (Wildman–Crippen MR) is 89.2 cm³/mol. The van der Waals surface area contributed by atoms with Crippen LogP contribution < -0.4 is 10.5 Å². The number of nitrogen functional groups attached to an aromatic ring is 1. The van der Waals surface area contributed by atoms with Gasteiger partial charge >= 0.3 is 0 Å². The number of hydrogen-bond donors (Lipinski definition) is 2. The number of piperazine rings is 1. The van der Waals surface area contributed by atoms with E-state index >= 15 is 0 Å². The van der Waals surface area contributed by atoms with Crippen LogP contribution in [0.2, 0.25) is 0 Å². The van der Waals surface area contributed by atoms with Crippen LogP contribution in [0.5, 0.6) is 0 Å². The molecule has 0 spiro atoms. The van der Waals surface area contributed by atoms with Gasteiger partial charge in [-0.2, -0.15) is 0 Å². The molecule has 0 radical (unpaired) electrons. The van der Waals surface area contributed by atoms with Gasteiger partial charge in [0.15, 0.2) is 0 Å². The highest BCUT2D eigenvalue weighted by Gasteiger charge is 2.22. The van der Waals surface area contributed by atoms with Gasteiger partial charge in [-0.1, -0.05) is 6.92 Å². The number of nitrogens with zero attached hydrogens (tertiary/aromatic N) is 2. The van der Waals surface area contributed by atoms with Crippen molar-refractivity contribution in [1.29, 1.82) is 0 Å². The fraction of sp³-hybridized carbons (Fsp3) is 0.600. The molecule has 0 bridgehead atoms. The van der Waals surface area contributed by atoms with Crippen molar-refractivity contribution >= 4 is 15.7 Å². The molecule has 0 amide bonds. The van der Waals surface area contributed by atoms with Crippen LogP contribution in [-0.4, -0.2) is 63.5 Å². The zero-order chi connectivity index (χ0) is 16.2. The highest BCUT2D eigenvalue weighted by Crippen LogP contribution is 2.12. The number of nitrogens with one attached hydrogen (secondary N) is 1. The second-order valence-electron chi connectivity index (χ2n) is 5.74. The highest BCUT2D eigenvalue weighted by molar-refractivity contribution is 7.89.